The van der Waals surface area contributed by atoms with E-state index < -0.39 is 0 Å². The molecule has 84 valence electrons. The topological polar surface area (TPSA) is 20.2 Å². The first-order chi connectivity index (χ1) is 6.54. The molecule has 1 nitrogen and oxygen atoms in total. The Bertz CT molecular complexity index is 178. The van der Waals surface area contributed by atoms with Gasteiger partial charge >= 0.3 is 0 Å². The van der Waals surface area contributed by atoms with Crippen LogP contribution in [0.15, 0.2) is 0 Å². The number of hydrogen-bond acceptors (Lipinski definition) is 1. The Hall–Kier alpha value is -0.0400. The lowest BCUT2D eigenvalue weighted by Gasteiger charge is -2.47. The monoisotopic (exact) mass is 198 g/mol. The standard InChI is InChI=1S/C13H26O/c1-5-10(3)13(4)8-7-12(14)9-11(13)6-2/h10-12,14H,5-9H2,1-4H3. The van der Waals surface area contributed by atoms with Gasteiger partial charge in [0.15, 0.2) is 0 Å². The van der Waals surface area contributed by atoms with E-state index in [-0.39, 0.29) is 6.10 Å². The molecule has 1 N–H and O–H groups in total. The average Bonchev–Trinajstić information content (AvgIpc) is 2.20. The van der Waals surface area contributed by atoms with E-state index in [1.165, 1.54) is 19.3 Å². The molecule has 0 saturated heterocycles. The molecule has 0 radical (unpaired) electrons. The number of aliphatic hydroxyl groups excluding tert-OH is 1. The molecule has 1 aliphatic rings. The first kappa shape index (κ1) is 12.0. The van der Waals surface area contributed by atoms with Crippen LogP contribution >= 0.6 is 0 Å². The first-order valence-corrected chi connectivity index (χ1v) is 6.22. The zero-order valence-electron chi connectivity index (χ0n) is 10.2. The molecule has 4 atom stereocenters. The Balaban J connectivity index is 2.74. The SMILES string of the molecule is CCC(C)C1(C)CCC(O)CC1CC. The van der Waals surface area contributed by atoms with Gasteiger partial charge in [-0.3, -0.25) is 0 Å². The minimum atomic E-state index is -0.0305. The van der Waals surface area contributed by atoms with Crippen molar-refractivity contribution in [3.63, 3.8) is 0 Å². The summed E-state index contributed by atoms with van der Waals surface area (Å²) in [5, 5.41) is 9.70. The fourth-order valence-electron chi connectivity index (χ4n) is 3.15. The van der Waals surface area contributed by atoms with Crippen LogP contribution in [0, 0.1) is 17.3 Å². The predicted molar refractivity (Wildman–Crippen MR) is 61.2 cm³/mol. The zero-order chi connectivity index (χ0) is 10.8. The van der Waals surface area contributed by atoms with E-state index in [9.17, 15) is 5.11 Å². The molecule has 1 fully saturated rings. The third-order valence-electron chi connectivity index (χ3n) is 4.74. The number of aliphatic hydroxyl groups is 1. The molecule has 1 saturated carbocycles. The maximum atomic E-state index is 9.70. The van der Waals surface area contributed by atoms with Gasteiger partial charge in [-0.2, -0.15) is 0 Å². The highest BCUT2D eigenvalue weighted by Gasteiger charge is 2.41. The summed E-state index contributed by atoms with van der Waals surface area (Å²) in [5.41, 5.74) is 0.475. The average molecular weight is 198 g/mol. The summed E-state index contributed by atoms with van der Waals surface area (Å²) < 4.78 is 0. The molecule has 0 aromatic heterocycles. The van der Waals surface area contributed by atoms with Gasteiger partial charge in [0, 0.05) is 0 Å². The molecule has 0 amide bonds. The normalized spacial score (nSPS) is 40.9. The van der Waals surface area contributed by atoms with Crippen LogP contribution in [-0.4, -0.2) is 11.2 Å². The first-order valence-electron chi connectivity index (χ1n) is 6.22. The molecular weight excluding hydrogens is 172 g/mol. The minimum absolute atomic E-state index is 0.0305. The van der Waals surface area contributed by atoms with Crippen LogP contribution in [-0.2, 0) is 0 Å². The Morgan fingerprint density at radius 1 is 1.43 bits per heavy atom. The minimum Gasteiger partial charge on any atom is -0.393 e. The van der Waals surface area contributed by atoms with E-state index in [1.54, 1.807) is 0 Å². The van der Waals surface area contributed by atoms with E-state index in [0.717, 1.165) is 24.7 Å². The largest absolute Gasteiger partial charge is 0.393 e. The van der Waals surface area contributed by atoms with Gasteiger partial charge in [-0.1, -0.05) is 40.5 Å². The molecular formula is C13H26O. The highest BCUT2D eigenvalue weighted by molar-refractivity contribution is 4.91. The summed E-state index contributed by atoms with van der Waals surface area (Å²) in [6.07, 6.45) is 5.70. The summed E-state index contributed by atoms with van der Waals surface area (Å²) >= 11 is 0. The van der Waals surface area contributed by atoms with Crippen LogP contribution < -0.4 is 0 Å². The fraction of sp³-hybridized carbons (Fsp3) is 1.00. The van der Waals surface area contributed by atoms with Gasteiger partial charge in [-0.25, -0.2) is 0 Å². The van der Waals surface area contributed by atoms with Crippen molar-refractivity contribution in [1.29, 1.82) is 0 Å². The van der Waals surface area contributed by atoms with Crippen molar-refractivity contribution in [3.8, 4) is 0 Å². The van der Waals surface area contributed by atoms with Gasteiger partial charge in [0.2, 0.25) is 0 Å². The molecule has 0 aliphatic heterocycles. The predicted octanol–water partition coefficient (Wildman–Crippen LogP) is 3.61. The molecule has 14 heavy (non-hydrogen) atoms. The maximum absolute atomic E-state index is 9.70. The summed E-state index contributed by atoms with van der Waals surface area (Å²) in [7, 11) is 0. The highest BCUT2D eigenvalue weighted by atomic mass is 16.3. The van der Waals surface area contributed by atoms with Gasteiger partial charge in [0.1, 0.15) is 0 Å². The van der Waals surface area contributed by atoms with Crippen LogP contribution in [0.2, 0.25) is 0 Å². The van der Waals surface area contributed by atoms with E-state index >= 15 is 0 Å². The second-order valence-electron chi connectivity index (χ2n) is 5.35. The summed E-state index contributed by atoms with van der Waals surface area (Å²) in [6, 6.07) is 0. The van der Waals surface area contributed by atoms with Gasteiger partial charge < -0.3 is 5.11 Å². The van der Waals surface area contributed by atoms with Crippen molar-refractivity contribution in [2.24, 2.45) is 17.3 Å². The van der Waals surface area contributed by atoms with Crippen molar-refractivity contribution in [1.82, 2.24) is 0 Å². The third kappa shape index (κ3) is 2.13. The van der Waals surface area contributed by atoms with Gasteiger partial charge in [0.05, 0.1) is 6.10 Å². The smallest absolute Gasteiger partial charge is 0.0543 e. The Morgan fingerprint density at radius 3 is 2.57 bits per heavy atom. The van der Waals surface area contributed by atoms with E-state index in [1.807, 2.05) is 0 Å². The van der Waals surface area contributed by atoms with Gasteiger partial charge in [-0.15, -0.1) is 0 Å². The molecule has 0 spiro atoms. The molecule has 0 aromatic rings. The molecule has 0 aromatic carbocycles. The van der Waals surface area contributed by atoms with Crippen molar-refractivity contribution in [2.75, 3.05) is 0 Å². The molecule has 1 rings (SSSR count). The summed E-state index contributed by atoms with van der Waals surface area (Å²) in [5.74, 6) is 1.51. The summed E-state index contributed by atoms with van der Waals surface area (Å²) in [6.45, 7) is 9.36. The van der Waals surface area contributed by atoms with Crippen LogP contribution in [0.1, 0.15) is 59.8 Å². The van der Waals surface area contributed by atoms with Crippen molar-refractivity contribution in [2.45, 2.75) is 65.9 Å². The molecule has 0 heterocycles. The molecule has 4 unspecified atom stereocenters. The lowest BCUT2D eigenvalue weighted by Crippen LogP contribution is -2.40. The third-order valence-corrected chi connectivity index (χ3v) is 4.74. The highest BCUT2D eigenvalue weighted by Crippen LogP contribution is 2.48. The van der Waals surface area contributed by atoms with Crippen LogP contribution in [0.4, 0.5) is 0 Å². The second kappa shape index (κ2) is 4.65. The maximum Gasteiger partial charge on any atom is 0.0543 e. The zero-order valence-corrected chi connectivity index (χ0v) is 10.2. The van der Waals surface area contributed by atoms with E-state index in [0.29, 0.717) is 5.41 Å². The lowest BCUT2D eigenvalue weighted by molar-refractivity contribution is -0.0169. The van der Waals surface area contributed by atoms with Crippen molar-refractivity contribution in [3.05, 3.63) is 0 Å². The van der Waals surface area contributed by atoms with E-state index in [2.05, 4.69) is 27.7 Å². The van der Waals surface area contributed by atoms with Gasteiger partial charge in [0.25, 0.3) is 0 Å². The van der Waals surface area contributed by atoms with Crippen LogP contribution in [0.3, 0.4) is 0 Å². The Kier molecular flexibility index (Phi) is 4.00. The van der Waals surface area contributed by atoms with Crippen molar-refractivity contribution < 1.29 is 5.11 Å². The molecule has 1 aliphatic carbocycles. The number of rotatable bonds is 3. The lowest BCUT2D eigenvalue weighted by atomic mass is 9.59. The van der Waals surface area contributed by atoms with E-state index in [4.69, 9.17) is 0 Å². The quantitative estimate of drug-likeness (QED) is 0.734. The van der Waals surface area contributed by atoms with Crippen LogP contribution in [0.5, 0.6) is 0 Å². The number of hydrogen-bond donors (Lipinski definition) is 1. The fourth-order valence-corrected chi connectivity index (χ4v) is 3.15. The Morgan fingerprint density at radius 2 is 2.07 bits per heavy atom. The van der Waals surface area contributed by atoms with Crippen LogP contribution in [0.25, 0.3) is 0 Å². The summed E-state index contributed by atoms with van der Waals surface area (Å²) in [4.78, 5) is 0. The van der Waals surface area contributed by atoms with Crippen molar-refractivity contribution >= 4 is 0 Å². The molecule has 1 heteroatoms. The second-order valence-corrected chi connectivity index (χ2v) is 5.35. The Labute approximate surface area is 88.9 Å². The van der Waals surface area contributed by atoms with Gasteiger partial charge in [-0.05, 0) is 36.5 Å². The molecule has 0 bridgehead atoms.